The molecule has 3 heterocycles. The Labute approximate surface area is 190 Å². The molecule has 0 aliphatic carbocycles. The van der Waals surface area contributed by atoms with Crippen molar-refractivity contribution in [3.8, 4) is 0 Å². The van der Waals surface area contributed by atoms with Crippen LogP contribution in [0, 0.1) is 18.3 Å². The van der Waals surface area contributed by atoms with Gasteiger partial charge in [0.1, 0.15) is 0 Å². The summed E-state index contributed by atoms with van der Waals surface area (Å²) in [6.07, 6.45) is -10.2. The van der Waals surface area contributed by atoms with E-state index in [4.69, 9.17) is 24.5 Å². The van der Waals surface area contributed by atoms with Crippen molar-refractivity contribution in [2.75, 3.05) is 46.9 Å². The normalized spacial score (nSPS) is 22.8. The number of halogens is 6. The minimum Gasteiger partial charge on any atom is -0.475 e. The summed E-state index contributed by atoms with van der Waals surface area (Å²) in [5.74, 6) is -4.80. The number of aliphatic carboxylic acids is 2. The Hall–Kier alpha value is -1.90. The van der Waals surface area contributed by atoms with Gasteiger partial charge >= 0.3 is 24.3 Å². The Morgan fingerprint density at radius 2 is 1.70 bits per heavy atom. The highest BCUT2D eigenvalue weighted by atomic mass is 32.1. The number of nitrogens with zero attached hydrogens (tertiary/aromatic N) is 2. The fraction of sp³-hybridized carbons (Fsp3) is 0.684. The van der Waals surface area contributed by atoms with Gasteiger partial charge in [-0.05, 0) is 38.0 Å². The van der Waals surface area contributed by atoms with Gasteiger partial charge in [0.25, 0.3) is 0 Å². The first-order chi connectivity index (χ1) is 15.0. The van der Waals surface area contributed by atoms with Crippen molar-refractivity contribution in [1.29, 1.82) is 0 Å². The lowest BCUT2D eigenvalue weighted by atomic mass is 9.81. The molecule has 0 radical (unpaired) electrons. The van der Waals surface area contributed by atoms with E-state index in [-0.39, 0.29) is 0 Å². The van der Waals surface area contributed by atoms with E-state index >= 15 is 0 Å². The maximum Gasteiger partial charge on any atom is 0.490 e. The van der Waals surface area contributed by atoms with Gasteiger partial charge < -0.3 is 19.8 Å². The number of hydrogen-bond acceptors (Lipinski definition) is 6. The van der Waals surface area contributed by atoms with E-state index in [2.05, 4.69) is 42.3 Å². The van der Waals surface area contributed by atoms with Gasteiger partial charge in [0, 0.05) is 42.4 Å². The zero-order valence-electron chi connectivity index (χ0n) is 18.2. The summed E-state index contributed by atoms with van der Waals surface area (Å²) in [5, 5.41) is 16.5. The molecular formula is C19H26F6N2O5S. The maximum absolute atomic E-state index is 10.6. The van der Waals surface area contributed by atoms with Crippen molar-refractivity contribution in [3.05, 3.63) is 21.9 Å². The average Bonchev–Trinajstić information content (AvgIpc) is 3.28. The topological polar surface area (TPSA) is 90.3 Å². The summed E-state index contributed by atoms with van der Waals surface area (Å²) in [7, 11) is 4.35. The van der Waals surface area contributed by atoms with Crippen LogP contribution in [0.1, 0.15) is 10.4 Å². The first-order valence-corrected chi connectivity index (χ1v) is 10.4. The number of aryl methyl sites for hydroxylation is 1. The molecule has 2 fully saturated rings. The van der Waals surface area contributed by atoms with Crippen LogP contribution in [-0.4, -0.2) is 91.2 Å². The molecule has 2 aliphatic rings. The molecule has 0 aromatic carbocycles. The number of fused-ring (bicyclic) bond motifs is 1. The summed E-state index contributed by atoms with van der Waals surface area (Å²) < 4.78 is 69.2. The number of carbonyl (C=O) groups is 2. The summed E-state index contributed by atoms with van der Waals surface area (Å²) in [6, 6.07) is 2.23. The molecule has 14 heteroatoms. The molecule has 0 bridgehead atoms. The zero-order valence-corrected chi connectivity index (χ0v) is 19.0. The molecule has 0 unspecified atom stereocenters. The third-order valence-corrected chi connectivity index (χ3v) is 6.05. The Bertz CT molecular complexity index is 774. The molecule has 190 valence electrons. The lowest BCUT2D eigenvalue weighted by molar-refractivity contribution is -0.193. The quantitative estimate of drug-likeness (QED) is 0.603. The Kier molecular flexibility index (Phi) is 10.1. The number of rotatable bonds is 4. The number of ether oxygens (including phenoxy) is 1. The predicted molar refractivity (Wildman–Crippen MR) is 107 cm³/mol. The van der Waals surface area contributed by atoms with Gasteiger partial charge in [-0.2, -0.15) is 26.3 Å². The maximum atomic E-state index is 10.6. The molecule has 0 spiro atoms. The zero-order chi connectivity index (χ0) is 25.6. The van der Waals surface area contributed by atoms with Crippen molar-refractivity contribution >= 4 is 23.3 Å². The average molecular weight is 508 g/mol. The largest absolute Gasteiger partial charge is 0.490 e. The molecule has 2 N–H and O–H groups in total. The summed E-state index contributed by atoms with van der Waals surface area (Å²) in [6.45, 7) is 8.77. The standard InChI is InChI=1S/C15H24N2OS.2C2HF3O2/c1-12-4-5-19-14(12)7-17-6-13-8-18-11-15(13,10-17)9-16(2)3;2*3-2(4,5)1(6)7/h4-5,13H,6-11H2,1-3H3;2*(H,6,7)/t13-,15+;;/m1../s1. The van der Waals surface area contributed by atoms with Crippen LogP contribution in [0.3, 0.4) is 0 Å². The van der Waals surface area contributed by atoms with Crippen LogP contribution in [0.25, 0.3) is 0 Å². The lowest BCUT2D eigenvalue weighted by Crippen LogP contribution is -2.40. The second-order valence-electron chi connectivity index (χ2n) is 8.11. The van der Waals surface area contributed by atoms with E-state index in [1.165, 1.54) is 23.5 Å². The van der Waals surface area contributed by atoms with Crippen LogP contribution in [0.15, 0.2) is 11.4 Å². The smallest absolute Gasteiger partial charge is 0.475 e. The molecule has 1 aromatic heterocycles. The van der Waals surface area contributed by atoms with E-state index in [0.29, 0.717) is 5.41 Å². The number of likely N-dealkylation sites (tertiary alicyclic amines) is 1. The lowest BCUT2D eigenvalue weighted by Gasteiger charge is -2.30. The van der Waals surface area contributed by atoms with Crippen molar-refractivity contribution in [1.82, 2.24) is 9.80 Å². The molecule has 33 heavy (non-hydrogen) atoms. The Balaban J connectivity index is 0.000000324. The van der Waals surface area contributed by atoms with Crippen molar-refractivity contribution in [2.24, 2.45) is 11.3 Å². The summed E-state index contributed by atoms with van der Waals surface area (Å²) in [4.78, 5) is 24.3. The van der Waals surface area contributed by atoms with Crippen molar-refractivity contribution < 1.29 is 50.9 Å². The monoisotopic (exact) mass is 508 g/mol. The van der Waals surface area contributed by atoms with Crippen LogP contribution in [0.4, 0.5) is 26.3 Å². The van der Waals surface area contributed by atoms with Gasteiger partial charge in [0.05, 0.1) is 13.2 Å². The van der Waals surface area contributed by atoms with Gasteiger partial charge in [-0.1, -0.05) is 0 Å². The molecule has 2 saturated heterocycles. The number of carboxylic acids is 2. The van der Waals surface area contributed by atoms with Gasteiger partial charge in [0.15, 0.2) is 0 Å². The molecule has 1 aromatic rings. The summed E-state index contributed by atoms with van der Waals surface area (Å²) in [5.41, 5.74) is 1.81. The molecule has 7 nitrogen and oxygen atoms in total. The van der Waals surface area contributed by atoms with E-state index in [9.17, 15) is 26.3 Å². The second kappa shape index (κ2) is 11.5. The third kappa shape index (κ3) is 9.10. The van der Waals surface area contributed by atoms with Crippen LogP contribution < -0.4 is 0 Å². The van der Waals surface area contributed by atoms with E-state index in [1.54, 1.807) is 0 Å². The highest BCUT2D eigenvalue weighted by Gasteiger charge is 2.50. The SMILES string of the molecule is Cc1ccsc1CN1C[C@@H]2COC[C@]2(CN(C)C)C1.O=C(O)C(F)(F)F.O=C(O)C(F)(F)F. The minimum atomic E-state index is -5.08. The first-order valence-electron chi connectivity index (χ1n) is 9.56. The third-order valence-electron chi connectivity index (χ3n) is 5.04. The van der Waals surface area contributed by atoms with Crippen LogP contribution in [-0.2, 0) is 20.9 Å². The number of alkyl halides is 6. The number of thiophene rings is 1. The van der Waals surface area contributed by atoms with Gasteiger partial charge in [-0.15, -0.1) is 11.3 Å². The number of hydrogen-bond donors (Lipinski definition) is 2. The first kappa shape index (κ1) is 29.1. The Morgan fingerprint density at radius 1 is 1.18 bits per heavy atom. The molecule has 3 rings (SSSR count). The van der Waals surface area contributed by atoms with Crippen molar-refractivity contribution in [2.45, 2.75) is 25.8 Å². The molecule has 2 atom stereocenters. The van der Waals surface area contributed by atoms with Gasteiger partial charge in [0.2, 0.25) is 0 Å². The predicted octanol–water partition coefficient (Wildman–Crippen LogP) is 3.33. The molecule has 0 saturated carbocycles. The van der Waals surface area contributed by atoms with E-state index in [0.717, 1.165) is 32.2 Å². The fourth-order valence-corrected chi connectivity index (χ4v) is 4.63. The van der Waals surface area contributed by atoms with Crippen LogP contribution in [0.2, 0.25) is 0 Å². The molecule has 2 aliphatic heterocycles. The molecular weight excluding hydrogens is 482 g/mol. The second-order valence-corrected chi connectivity index (χ2v) is 9.12. The van der Waals surface area contributed by atoms with E-state index in [1.807, 2.05) is 11.3 Å². The van der Waals surface area contributed by atoms with Crippen molar-refractivity contribution in [3.63, 3.8) is 0 Å². The molecule has 0 amide bonds. The highest BCUT2D eigenvalue weighted by molar-refractivity contribution is 7.10. The fourth-order valence-electron chi connectivity index (χ4n) is 3.69. The van der Waals surface area contributed by atoms with Crippen LogP contribution in [0.5, 0.6) is 0 Å². The van der Waals surface area contributed by atoms with Crippen LogP contribution >= 0.6 is 11.3 Å². The summed E-state index contributed by atoms with van der Waals surface area (Å²) >= 11 is 1.89. The van der Waals surface area contributed by atoms with Gasteiger partial charge in [-0.25, -0.2) is 9.59 Å². The van der Waals surface area contributed by atoms with Gasteiger partial charge in [-0.3, -0.25) is 4.90 Å². The highest BCUT2D eigenvalue weighted by Crippen LogP contribution is 2.42. The van der Waals surface area contributed by atoms with E-state index < -0.39 is 24.3 Å². The number of carboxylic acid groups (broad SMARTS) is 2. The Morgan fingerprint density at radius 3 is 2.09 bits per heavy atom. The minimum absolute atomic E-state index is 0.370.